The lowest BCUT2D eigenvalue weighted by Crippen LogP contribution is -2.32. The van der Waals surface area contributed by atoms with Crippen LogP contribution in [0, 0.1) is 5.92 Å². The molecule has 0 unspecified atom stereocenters. The van der Waals surface area contributed by atoms with Gasteiger partial charge in [-0.05, 0) is 79.3 Å². The number of aromatic nitrogens is 2. The zero-order chi connectivity index (χ0) is 37.3. The summed E-state index contributed by atoms with van der Waals surface area (Å²) in [5.74, 6) is -1.31. The number of amides is 2. The normalized spacial score (nSPS) is 18.0. The van der Waals surface area contributed by atoms with Gasteiger partial charge in [-0.3, -0.25) is 19.0 Å². The van der Waals surface area contributed by atoms with Gasteiger partial charge in [-0.25, -0.2) is 10.5 Å². The van der Waals surface area contributed by atoms with Gasteiger partial charge in [0.25, 0.3) is 5.91 Å². The Morgan fingerprint density at radius 3 is 2.29 bits per heavy atom. The number of halogens is 3. The fourth-order valence-corrected chi connectivity index (χ4v) is 8.53. The molecule has 1 aliphatic carbocycles. The second kappa shape index (κ2) is 14.8. The second-order valence-corrected chi connectivity index (χ2v) is 14.8. The van der Waals surface area contributed by atoms with Crippen molar-refractivity contribution >= 4 is 42.6 Å². The number of ether oxygens (including phenoxy) is 1. The van der Waals surface area contributed by atoms with Crippen molar-refractivity contribution < 1.29 is 46.7 Å². The number of benzene rings is 2. The Kier molecular flexibility index (Phi) is 11.0. The molecule has 51 heavy (non-hydrogen) atoms. The van der Waals surface area contributed by atoms with Crippen LogP contribution in [0.4, 0.5) is 36.3 Å². The molecule has 1 aliphatic heterocycles. The Balaban J connectivity index is 1.48. The summed E-state index contributed by atoms with van der Waals surface area (Å²) >= 11 is 0. The Labute approximate surface area is 293 Å². The van der Waals surface area contributed by atoms with Crippen molar-refractivity contribution in [3.05, 3.63) is 64.3 Å². The molecule has 0 spiro atoms. The van der Waals surface area contributed by atoms with Crippen LogP contribution in [0.15, 0.2) is 36.5 Å². The van der Waals surface area contributed by atoms with Crippen LogP contribution in [0.1, 0.15) is 90.9 Å². The predicted molar refractivity (Wildman–Crippen MR) is 183 cm³/mol. The van der Waals surface area contributed by atoms with Crippen molar-refractivity contribution in [2.24, 2.45) is 5.92 Å². The lowest BCUT2D eigenvalue weighted by Gasteiger charge is -2.33. The molecule has 276 valence electrons. The van der Waals surface area contributed by atoms with Crippen LogP contribution in [-0.2, 0) is 32.1 Å². The van der Waals surface area contributed by atoms with E-state index in [1.165, 1.54) is 37.3 Å². The van der Waals surface area contributed by atoms with Gasteiger partial charge in [-0.2, -0.15) is 18.2 Å². The average molecular weight is 735 g/mol. The number of hydroxylamine groups is 1. The maximum absolute atomic E-state index is 14.3. The molecule has 0 saturated heterocycles. The molecular weight excluding hydrogens is 692 g/mol. The van der Waals surface area contributed by atoms with Gasteiger partial charge in [0.1, 0.15) is 17.1 Å². The van der Waals surface area contributed by atoms with E-state index in [1.807, 2.05) is 6.07 Å². The number of methoxy groups -OCH3 is 1. The molecule has 2 amide bonds. The predicted octanol–water partition coefficient (Wildman–Crippen LogP) is 6.72. The minimum absolute atomic E-state index is 0.0576. The zero-order valence-corrected chi connectivity index (χ0v) is 29.8. The molecular formula is C34H42F3N6O7P. The van der Waals surface area contributed by atoms with Crippen molar-refractivity contribution in [1.29, 1.82) is 0 Å². The summed E-state index contributed by atoms with van der Waals surface area (Å²) in [6.07, 6.45) is -1.27. The van der Waals surface area contributed by atoms with E-state index in [9.17, 15) is 37.1 Å². The Morgan fingerprint density at radius 1 is 1.04 bits per heavy atom. The molecule has 1 aromatic heterocycles. The number of hydrogen-bond acceptors (Lipinski definition) is 9. The average Bonchev–Trinajstić information content (AvgIpc) is 3.39. The molecule has 1 fully saturated rings. The molecule has 17 heteroatoms. The van der Waals surface area contributed by atoms with Crippen LogP contribution in [0.3, 0.4) is 0 Å². The summed E-state index contributed by atoms with van der Waals surface area (Å²) in [6.45, 7) is 3.63. The van der Waals surface area contributed by atoms with Gasteiger partial charge in [0.2, 0.25) is 11.9 Å². The maximum atomic E-state index is 14.3. The van der Waals surface area contributed by atoms with Gasteiger partial charge >= 0.3 is 13.8 Å². The summed E-state index contributed by atoms with van der Waals surface area (Å²) in [5, 5.41) is 4.17. The number of rotatable bonds is 12. The van der Waals surface area contributed by atoms with Crippen molar-refractivity contribution in [3.63, 3.8) is 0 Å². The number of alkyl halides is 3. The Morgan fingerprint density at radius 2 is 1.71 bits per heavy atom. The van der Waals surface area contributed by atoms with E-state index in [1.54, 1.807) is 27.0 Å². The number of hydrogen-bond donors (Lipinski definition) is 5. The monoisotopic (exact) mass is 734 g/mol. The summed E-state index contributed by atoms with van der Waals surface area (Å²) in [7, 11) is -0.243. The lowest BCUT2D eigenvalue weighted by atomic mass is 9.76. The molecule has 5 rings (SSSR count). The van der Waals surface area contributed by atoms with Gasteiger partial charge in [0.05, 0.1) is 36.3 Å². The van der Waals surface area contributed by atoms with E-state index < -0.39 is 30.3 Å². The third-order valence-corrected chi connectivity index (χ3v) is 12.1. The first-order chi connectivity index (χ1) is 24.1. The minimum atomic E-state index is -4.84. The number of anilines is 4. The highest BCUT2D eigenvalue weighted by Crippen LogP contribution is 2.61. The molecule has 2 aromatic carbocycles. The van der Waals surface area contributed by atoms with Crippen LogP contribution in [0.25, 0.3) is 0 Å². The first kappa shape index (κ1) is 38.0. The van der Waals surface area contributed by atoms with Crippen LogP contribution in [-0.4, -0.2) is 57.7 Å². The van der Waals surface area contributed by atoms with Gasteiger partial charge in [-0.15, -0.1) is 0 Å². The fraction of sp³-hybridized carbons (Fsp3) is 0.471. The van der Waals surface area contributed by atoms with Crippen LogP contribution < -0.4 is 20.9 Å². The molecule has 2 aliphatic rings. The number of fused-ring (bicyclic) bond motifs is 1. The number of carbonyl (C=O) groups is 2. The third kappa shape index (κ3) is 7.41. The number of carbonyl (C=O) groups excluding carboxylic acids is 2. The summed E-state index contributed by atoms with van der Waals surface area (Å²) in [6, 6.07) is 7.90. The van der Waals surface area contributed by atoms with E-state index >= 15 is 0 Å². The van der Waals surface area contributed by atoms with E-state index in [4.69, 9.17) is 9.57 Å². The molecule has 3 aromatic rings. The fourth-order valence-electron chi connectivity index (χ4n) is 7.23. The standard InChI is InChI=1S/C34H42F3N6O7P/c1-6-33(7-2,51(46,47)48)21-12-14-25(27(16-21)49-4)40-32-38-17-24(34(35,36)37)29(41-32)39-26-15-13-22(23-18-43(3)31(45)28(23)26)19-8-10-20(11-9-19)30(44)42-50-5/h12-17,19-20H,6-11,18H2,1-5H3,(H,42,44)(H2,46,47,48)(H2,38,39,40,41). The quantitative estimate of drug-likeness (QED) is 0.0987. The lowest BCUT2D eigenvalue weighted by molar-refractivity contribution is -0.137. The van der Waals surface area contributed by atoms with Crippen molar-refractivity contribution in [1.82, 2.24) is 20.3 Å². The highest BCUT2D eigenvalue weighted by atomic mass is 31.2. The van der Waals surface area contributed by atoms with E-state index in [0.29, 0.717) is 43.0 Å². The van der Waals surface area contributed by atoms with E-state index in [2.05, 4.69) is 26.1 Å². The van der Waals surface area contributed by atoms with Crippen LogP contribution in [0.2, 0.25) is 0 Å². The largest absolute Gasteiger partial charge is 0.495 e. The zero-order valence-electron chi connectivity index (χ0n) is 28.9. The molecule has 13 nitrogen and oxygen atoms in total. The molecule has 2 heterocycles. The highest BCUT2D eigenvalue weighted by molar-refractivity contribution is 7.53. The van der Waals surface area contributed by atoms with Gasteiger partial charge < -0.3 is 30.1 Å². The number of nitrogens with one attached hydrogen (secondary N) is 3. The highest BCUT2D eigenvalue weighted by Gasteiger charge is 2.46. The minimum Gasteiger partial charge on any atom is -0.495 e. The van der Waals surface area contributed by atoms with E-state index in [-0.39, 0.29) is 71.7 Å². The summed E-state index contributed by atoms with van der Waals surface area (Å²) < 4.78 is 60.8. The third-order valence-electron chi connectivity index (χ3n) is 10.1. The Bertz CT molecular complexity index is 1840. The van der Waals surface area contributed by atoms with E-state index in [0.717, 1.165) is 5.56 Å². The number of nitrogens with zero attached hydrogens (tertiary/aromatic N) is 3. The molecule has 5 N–H and O–H groups in total. The van der Waals surface area contributed by atoms with Crippen molar-refractivity contribution in [2.45, 2.75) is 76.2 Å². The first-order valence-corrected chi connectivity index (χ1v) is 18.2. The van der Waals surface area contributed by atoms with Crippen molar-refractivity contribution in [2.75, 3.05) is 31.9 Å². The molecule has 0 atom stereocenters. The molecule has 1 saturated carbocycles. The maximum Gasteiger partial charge on any atom is 0.421 e. The smallest absolute Gasteiger partial charge is 0.421 e. The molecule has 0 bridgehead atoms. The van der Waals surface area contributed by atoms with Crippen LogP contribution >= 0.6 is 7.60 Å². The summed E-state index contributed by atoms with van der Waals surface area (Å²) in [5.41, 5.74) is 3.86. The SMILES string of the molecule is CCC(CC)(c1ccc(Nc2ncc(C(F)(F)F)c(Nc3ccc(C4CCC(C(=O)NOC)CC4)c4c3C(=O)N(C)C4)n2)c(OC)c1)P(=O)(O)O. The van der Waals surface area contributed by atoms with Gasteiger partial charge in [-0.1, -0.05) is 26.0 Å². The topological polar surface area (TPSA) is 175 Å². The van der Waals surface area contributed by atoms with Crippen molar-refractivity contribution in [3.8, 4) is 5.75 Å². The first-order valence-electron chi connectivity index (χ1n) is 16.5. The van der Waals surface area contributed by atoms with Gasteiger partial charge in [0, 0.05) is 25.7 Å². The summed E-state index contributed by atoms with van der Waals surface area (Å²) in [4.78, 5) is 60.4. The molecule has 0 radical (unpaired) electrons. The van der Waals surface area contributed by atoms with Gasteiger partial charge in [0.15, 0.2) is 0 Å². The Hall–Kier alpha value is -4.24. The van der Waals surface area contributed by atoms with Crippen LogP contribution in [0.5, 0.6) is 5.75 Å². The second-order valence-electron chi connectivity index (χ2n) is 12.8.